The summed E-state index contributed by atoms with van der Waals surface area (Å²) in [5, 5.41) is 2.16. The Bertz CT molecular complexity index is 525. The number of rotatable bonds is 4. The van der Waals surface area contributed by atoms with Crippen LogP contribution in [0, 0.1) is 5.92 Å². The lowest BCUT2D eigenvalue weighted by Gasteiger charge is -2.21. The van der Waals surface area contributed by atoms with Crippen molar-refractivity contribution in [2.24, 2.45) is 5.92 Å². The minimum Gasteiger partial charge on any atom is -0.326 e. The molecule has 1 saturated carbocycles. The molecule has 0 spiro atoms. The number of carbonyl (C=O) groups excluding carboxylic acids is 1. The minimum atomic E-state index is -4.53. The molecule has 1 amide bonds. The molecule has 6 heteroatoms. The molecule has 1 aliphatic rings. The predicted octanol–water partition coefficient (Wildman–Crippen LogP) is 5.66. The normalized spacial score (nSPS) is 16.5. The van der Waals surface area contributed by atoms with Crippen molar-refractivity contribution in [3.05, 3.63) is 28.8 Å². The average molecular weight is 334 g/mol. The van der Waals surface area contributed by atoms with E-state index in [1.54, 1.807) is 0 Å². The summed E-state index contributed by atoms with van der Waals surface area (Å²) in [4.78, 5) is 11.9. The van der Waals surface area contributed by atoms with Crippen LogP contribution in [0.4, 0.5) is 18.9 Å². The molecule has 0 atom stereocenters. The van der Waals surface area contributed by atoms with Crippen LogP contribution in [0.3, 0.4) is 0 Å². The van der Waals surface area contributed by atoms with Gasteiger partial charge < -0.3 is 5.32 Å². The fraction of sp³-hybridized carbons (Fsp3) is 0.562. The van der Waals surface area contributed by atoms with Crippen molar-refractivity contribution in [2.75, 3.05) is 5.32 Å². The molecule has 0 aliphatic heterocycles. The van der Waals surface area contributed by atoms with Gasteiger partial charge >= 0.3 is 6.18 Å². The highest BCUT2D eigenvalue weighted by atomic mass is 35.5. The van der Waals surface area contributed by atoms with Gasteiger partial charge in [0.2, 0.25) is 5.91 Å². The monoisotopic (exact) mass is 333 g/mol. The van der Waals surface area contributed by atoms with Gasteiger partial charge in [0.1, 0.15) is 0 Å². The highest BCUT2D eigenvalue weighted by Gasteiger charge is 2.33. The second kappa shape index (κ2) is 7.36. The summed E-state index contributed by atoms with van der Waals surface area (Å²) in [5.41, 5.74) is -0.801. The fourth-order valence-electron chi connectivity index (χ4n) is 2.85. The van der Waals surface area contributed by atoms with Crippen LogP contribution >= 0.6 is 11.6 Å². The van der Waals surface area contributed by atoms with Gasteiger partial charge in [0.05, 0.1) is 10.6 Å². The average Bonchev–Trinajstić information content (AvgIpc) is 2.47. The van der Waals surface area contributed by atoms with Gasteiger partial charge in [0, 0.05) is 12.1 Å². The zero-order valence-electron chi connectivity index (χ0n) is 12.2. The third-order valence-electron chi connectivity index (χ3n) is 4.06. The molecule has 122 valence electrons. The molecular weight excluding hydrogens is 315 g/mol. The minimum absolute atomic E-state index is 0.130. The van der Waals surface area contributed by atoms with Crippen molar-refractivity contribution in [1.29, 1.82) is 0 Å². The first-order valence-corrected chi connectivity index (χ1v) is 7.90. The summed E-state index contributed by atoms with van der Waals surface area (Å²) in [6.45, 7) is 0. The Morgan fingerprint density at radius 1 is 1.23 bits per heavy atom. The summed E-state index contributed by atoms with van der Waals surface area (Å²) in [6.07, 6.45) is 2.57. The number of hydrogen-bond acceptors (Lipinski definition) is 1. The van der Waals surface area contributed by atoms with Gasteiger partial charge in [-0.25, -0.2) is 0 Å². The van der Waals surface area contributed by atoms with Crippen LogP contribution in [0.1, 0.15) is 50.5 Å². The van der Waals surface area contributed by atoms with E-state index in [-0.39, 0.29) is 16.6 Å². The predicted molar refractivity (Wildman–Crippen MR) is 80.9 cm³/mol. The van der Waals surface area contributed by atoms with E-state index in [1.165, 1.54) is 25.3 Å². The summed E-state index contributed by atoms with van der Waals surface area (Å²) < 4.78 is 38.3. The van der Waals surface area contributed by atoms with Crippen molar-refractivity contribution < 1.29 is 18.0 Å². The molecule has 0 saturated heterocycles. The molecule has 2 nitrogen and oxygen atoms in total. The van der Waals surface area contributed by atoms with Crippen LogP contribution in [-0.4, -0.2) is 5.91 Å². The summed E-state index contributed by atoms with van der Waals surface area (Å²) >= 11 is 5.55. The highest BCUT2D eigenvalue weighted by molar-refractivity contribution is 6.31. The standard InChI is InChI=1S/C16H19ClF3NO/c17-14-8-7-12(10-13(14)16(18,19)20)21-15(22)9-6-11-4-2-1-3-5-11/h7-8,10-11H,1-6,9H2,(H,21,22). The Balaban J connectivity index is 1.91. The van der Waals surface area contributed by atoms with Gasteiger partial charge in [-0.1, -0.05) is 43.7 Å². The summed E-state index contributed by atoms with van der Waals surface area (Å²) in [5.74, 6) is 0.316. The maximum absolute atomic E-state index is 12.8. The Morgan fingerprint density at radius 2 is 1.91 bits per heavy atom. The van der Waals surface area contributed by atoms with Crippen LogP contribution in [0.25, 0.3) is 0 Å². The lowest BCUT2D eigenvalue weighted by atomic mass is 9.86. The fourth-order valence-corrected chi connectivity index (χ4v) is 3.08. The van der Waals surface area contributed by atoms with Gasteiger partial charge in [-0.05, 0) is 30.5 Å². The molecule has 1 aliphatic carbocycles. The highest BCUT2D eigenvalue weighted by Crippen LogP contribution is 2.36. The van der Waals surface area contributed by atoms with Crippen LogP contribution < -0.4 is 5.32 Å². The zero-order chi connectivity index (χ0) is 16.2. The Kier molecular flexibility index (Phi) is 5.73. The van der Waals surface area contributed by atoms with Crippen LogP contribution in [0.5, 0.6) is 0 Å². The number of carbonyl (C=O) groups is 1. The number of benzene rings is 1. The van der Waals surface area contributed by atoms with Crippen LogP contribution in [0.2, 0.25) is 5.02 Å². The van der Waals surface area contributed by atoms with E-state index in [9.17, 15) is 18.0 Å². The van der Waals surface area contributed by atoms with Gasteiger partial charge in [-0.15, -0.1) is 0 Å². The van der Waals surface area contributed by atoms with E-state index >= 15 is 0 Å². The number of halogens is 4. The SMILES string of the molecule is O=C(CCC1CCCCC1)Nc1ccc(Cl)c(C(F)(F)F)c1. The summed E-state index contributed by atoms with van der Waals surface area (Å²) in [7, 11) is 0. The second-order valence-corrected chi connectivity index (χ2v) is 6.19. The van der Waals surface area contributed by atoms with Crippen molar-refractivity contribution in [1.82, 2.24) is 0 Å². The van der Waals surface area contributed by atoms with E-state index in [4.69, 9.17) is 11.6 Å². The van der Waals surface area contributed by atoms with E-state index in [1.807, 2.05) is 0 Å². The van der Waals surface area contributed by atoms with Gasteiger partial charge in [-0.2, -0.15) is 13.2 Å². The van der Waals surface area contributed by atoms with Gasteiger partial charge in [0.25, 0.3) is 0 Å². The molecule has 0 radical (unpaired) electrons. The molecule has 0 unspecified atom stereocenters. The molecule has 0 bridgehead atoms. The quantitative estimate of drug-likeness (QED) is 0.757. The Labute approximate surface area is 133 Å². The lowest BCUT2D eigenvalue weighted by Crippen LogP contribution is -2.15. The van der Waals surface area contributed by atoms with E-state index in [0.29, 0.717) is 12.3 Å². The Hall–Kier alpha value is -1.23. The molecule has 0 aromatic heterocycles. The van der Waals surface area contributed by atoms with Crippen molar-refractivity contribution in [3.63, 3.8) is 0 Å². The van der Waals surface area contributed by atoms with E-state index < -0.39 is 11.7 Å². The molecule has 1 aromatic rings. The molecule has 1 fully saturated rings. The zero-order valence-corrected chi connectivity index (χ0v) is 12.9. The van der Waals surface area contributed by atoms with Gasteiger partial charge in [-0.3, -0.25) is 4.79 Å². The number of anilines is 1. The smallest absolute Gasteiger partial charge is 0.326 e. The molecule has 1 N–H and O–H groups in total. The number of alkyl halides is 3. The Morgan fingerprint density at radius 3 is 2.55 bits per heavy atom. The van der Waals surface area contributed by atoms with E-state index in [2.05, 4.69) is 5.32 Å². The van der Waals surface area contributed by atoms with Crippen LogP contribution in [-0.2, 0) is 11.0 Å². The number of hydrogen-bond donors (Lipinski definition) is 1. The molecule has 22 heavy (non-hydrogen) atoms. The molecule has 2 rings (SSSR count). The van der Waals surface area contributed by atoms with Crippen molar-refractivity contribution in [2.45, 2.75) is 51.1 Å². The molecule has 0 heterocycles. The molecule has 1 aromatic carbocycles. The lowest BCUT2D eigenvalue weighted by molar-refractivity contribution is -0.137. The van der Waals surface area contributed by atoms with E-state index in [0.717, 1.165) is 31.4 Å². The maximum Gasteiger partial charge on any atom is 0.417 e. The first-order valence-electron chi connectivity index (χ1n) is 7.53. The number of amides is 1. The van der Waals surface area contributed by atoms with Crippen LogP contribution in [0.15, 0.2) is 18.2 Å². The van der Waals surface area contributed by atoms with Crippen molar-refractivity contribution >= 4 is 23.2 Å². The third kappa shape index (κ3) is 4.90. The first-order chi connectivity index (χ1) is 10.4. The maximum atomic E-state index is 12.8. The molecular formula is C16H19ClF3NO. The topological polar surface area (TPSA) is 29.1 Å². The number of nitrogens with one attached hydrogen (secondary N) is 1. The second-order valence-electron chi connectivity index (χ2n) is 5.78. The van der Waals surface area contributed by atoms with Crippen molar-refractivity contribution in [3.8, 4) is 0 Å². The van der Waals surface area contributed by atoms with Gasteiger partial charge in [0.15, 0.2) is 0 Å². The largest absolute Gasteiger partial charge is 0.417 e. The third-order valence-corrected chi connectivity index (χ3v) is 4.39. The first kappa shape index (κ1) is 17.1. The summed E-state index contributed by atoms with van der Waals surface area (Å²) in [6, 6.07) is 3.41.